The lowest BCUT2D eigenvalue weighted by atomic mass is 10.2. The van der Waals surface area contributed by atoms with E-state index in [4.69, 9.17) is 0 Å². The van der Waals surface area contributed by atoms with Crippen LogP contribution in [0.3, 0.4) is 0 Å². The average molecular weight is 457 g/mol. The highest BCUT2D eigenvalue weighted by atomic mass is 32.2. The molecule has 0 saturated carbocycles. The van der Waals surface area contributed by atoms with E-state index in [0.717, 1.165) is 29.5 Å². The number of hydrogen-bond acceptors (Lipinski definition) is 5. The lowest BCUT2D eigenvalue weighted by molar-refractivity contribution is -0.388. The molecule has 0 bridgehead atoms. The molecule has 0 amide bonds. The number of nitro benzene ring substituents is 1. The molecule has 0 atom stereocenters. The second-order valence-electron chi connectivity index (χ2n) is 6.83. The van der Waals surface area contributed by atoms with Crippen molar-refractivity contribution in [1.82, 2.24) is 9.55 Å². The van der Waals surface area contributed by atoms with Gasteiger partial charge in [-0.3, -0.25) is 19.5 Å². The van der Waals surface area contributed by atoms with E-state index in [1.54, 1.807) is 24.3 Å². The lowest BCUT2D eigenvalue weighted by Crippen LogP contribution is -2.24. The molecule has 0 radical (unpaired) electrons. The van der Waals surface area contributed by atoms with Crippen molar-refractivity contribution in [3.8, 4) is 0 Å². The van der Waals surface area contributed by atoms with Crippen molar-refractivity contribution in [3.63, 3.8) is 0 Å². The van der Waals surface area contributed by atoms with E-state index >= 15 is 0 Å². The molecule has 0 saturated heterocycles. The van der Waals surface area contributed by atoms with Crippen LogP contribution in [-0.2, 0) is 12.7 Å². The molecule has 0 aliphatic heterocycles. The minimum Gasteiger partial charge on any atom is -0.282 e. The van der Waals surface area contributed by atoms with Crippen LogP contribution in [0.1, 0.15) is 11.1 Å². The van der Waals surface area contributed by atoms with Crippen molar-refractivity contribution in [1.29, 1.82) is 0 Å². The zero-order chi connectivity index (χ0) is 22.9. The van der Waals surface area contributed by atoms with Gasteiger partial charge in [0.25, 0.3) is 11.2 Å². The topological polar surface area (TPSA) is 78.0 Å². The van der Waals surface area contributed by atoms with Crippen LogP contribution in [0.15, 0.2) is 87.6 Å². The van der Waals surface area contributed by atoms with Crippen molar-refractivity contribution in [2.75, 3.05) is 0 Å². The number of para-hydroxylation sites is 1. The fraction of sp³-hybridized carbons (Fsp3) is 0.0909. The Morgan fingerprint density at radius 3 is 2.38 bits per heavy atom. The molecule has 10 heteroatoms. The van der Waals surface area contributed by atoms with E-state index in [0.29, 0.717) is 17.0 Å². The number of hydrogen-bond donors (Lipinski definition) is 0. The quantitative estimate of drug-likeness (QED) is 0.224. The molecule has 4 rings (SSSR count). The zero-order valence-electron chi connectivity index (χ0n) is 16.2. The number of rotatable bonds is 5. The van der Waals surface area contributed by atoms with Crippen molar-refractivity contribution in [2.45, 2.75) is 22.8 Å². The predicted molar refractivity (Wildman–Crippen MR) is 114 cm³/mol. The third-order valence-electron chi connectivity index (χ3n) is 4.69. The van der Waals surface area contributed by atoms with E-state index in [-0.39, 0.29) is 22.2 Å². The van der Waals surface area contributed by atoms with Crippen LogP contribution < -0.4 is 5.56 Å². The van der Waals surface area contributed by atoms with E-state index in [1.165, 1.54) is 4.57 Å². The Morgan fingerprint density at radius 2 is 1.69 bits per heavy atom. The largest absolute Gasteiger partial charge is 0.416 e. The van der Waals surface area contributed by atoms with Gasteiger partial charge in [-0.05, 0) is 41.6 Å². The second kappa shape index (κ2) is 8.46. The number of benzene rings is 3. The van der Waals surface area contributed by atoms with Crippen LogP contribution in [0.4, 0.5) is 18.9 Å². The number of nitro groups is 1. The van der Waals surface area contributed by atoms with E-state index < -0.39 is 22.4 Å². The predicted octanol–water partition coefficient (Wildman–Crippen LogP) is 5.52. The van der Waals surface area contributed by atoms with Gasteiger partial charge in [-0.15, -0.1) is 0 Å². The summed E-state index contributed by atoms with van der Waals surface area (Å²) in [6.45, 7) is 0.147. The van der Waals surface area contributed by atoms with Crippen LogP contribution in [-0.4, -0.2) is 14.5 Å². The number of aromatic nitrogens is 2. The van der Waals surface area contributed by atoms with Crippen LogP contribution in [0, 0.1) is 10.1 Å². The van der Waals surface area contributed by atoms with E-state index in [9.17, 15) is 28.1 Å². The van der Waals surface area contributed by atoms with Gasteiger partial charge in [-0.25, -0.2) is 4.98 Å². The molecule has 0 N–H and O–H groups in total. The molecule has 1 aromatic heterocycles. The maximum Gasteiger partial charge on any atom is 0.416 e. The summed E-state index contributed by atoms with van der Waals surface area (Å²) in [4.78, 5) is 28.2. The van der Waals surface area contributed by atoms with Crippen LogP contribution in [0.5, 0.6) is 0 Å². The summed E-state index contributed by atoms with van der Waals surface area (Å²) in [5.74, 6) is 0. The van der Waals surface area contributed by atoms with Crippen LogP contribution in [0.25, 0.3) is 10.9 Å². The Morgan fingerprint density at radius 1 is 1.00 bits per heavy atom. The third-order valence-corrected chi connectivity index (χ3v) is 5.75. The molecule has 4 aromatic rings. The Hall–Kier alpha value is -3.66. The first-order valence-electron chi connectivity index (χ1n) is 9.31. The summed E-state index contributed by atoms with van der Waals surface area (Å²) in [6, 6.07) is 18.0. The smallest absolute Gasteiger partial charge is 0.282 e. The fourth-order valence-electron chi connectivity index (χ4n) is 3.15. The Balaban J connectivity index is 1.86. The summed E-state index contributed by atoms with van der Waals surface area (Å²) in [7, 11) is 0. The number of nitrogens with zero attached hydrogens (tertiary/aromatic N) is 3. The summed E-state index contributed by atoms with van der Waals surface area (Å²) in [6.07, 6.45) is -4.72. The maximum atomic E-state index is 13.2. The molecule has 0 spiro atoms. The van der Waals surface area contributed by atoms with Gasteiger partial charge in [-0.2, -0.15) is 13.2 Å². The number of fused-ring (bicyclic) bond motifs is 1. The summed E-state index contributed by atoms with van der Waals surface area (Å²) in [5.41, 5.74) is -0.994. The monoisotopic (exact) mass is 457 g/mol. The molecular formula is C22H14F3N3O3S. The van der Waals surface area contributed by atoms with Crippen molar-refractivity contribution in [3.05, 3.63) is 104 Å². The molecule has 0 fully saturated rings. The highest BCUT2D eigenvalue weighted by Gasteiger charge is 2.33. The van der Waals surface area contributed by atoms with Crippen LogP contribution >= 0.6 is 11.8 Å². The van der Waals surface area contributed by atoms with Crippen molar-refractivity contribution < 1.29 is 18.1 Å². The summed E-state index contributed by atoms with van der Waals surface area (Å²) in [5, 5.41) is 12.0. The Kier molecular flexibility index (Phi) is 5.70. The lowest BCUT2D eigenvalue weighted by Gasteiger charge is -2.14. The molecular weight excluding hydrogens is 443 g/mol. The molecule has 0 aliphatic rings. The number of alkyl halides is 3. The first kappa shape index (κ1) is 21.6. The highest BCUT2D eigenvalue weighted by molar-refractivity contribution is 7.99. The minimum absolute atomic E-state index is 0.0491. The maximum absolute atomic E-state index is 13.2. The van der Waals surface area contributed by atoms with Crippen molar-refractivity contribution in [2.24, 2.45) is 0 Å². The first-order valence-corrected chi connectivity index (χ1v) is 10.1. The minimum atomic E-state index is -4.72. The first-order chi connectivity index (χ1) is 15.2. The molecule has 6 nitrogen and oxygen atoms in total. The van der Waals surface area contributed by atoms with Gasteiger partial charge in [-0.1, -0.05) is 42.5 Å². The van der Waals surface area contributed by atoms with Gasteiger partial charge in [0.05, 0.1) is 32.8 Å². The number of halogens is 3. The van der Waals surface area contributed by atoms with Crippen LogP contribution in [0.2, 0.25) is 0 Å². The van der Waals surface area contributed by atoms with Gasteiger partial charge in [0, 0.05) is 6.07 Å². The average Bonchev–Trinajstić information content (AvgIpc) is 2.76. The van der Waals surface area contributed by atoms with Gasteiger partial charge < -0.3 is 0 Å². The third kappa shape index (κ3) is 4.35. The van der Waals surface area contributed by atoms with Crippen molar-refractivity contribution >= 4 is 28.4 Å². The normalized spacial score (nSPS) is 11.6. The summed E-state index contributed by atoms with van der Waals surface area (Å²) < 4.78 is 40.5. The molecule has 162 valence electrons. The van der Waals surface area contributed by atoms with Gasteiger partial charge >= 0.3 is 6.18 Å². The zero-order valence-corrected chi connectivity index (χ0v) is 17.1. The van der Waals surface area contributed by atoms with E-state index in [2.05, 4.69) is 4.98 Å². The Labute approximate surface area is 183 Å². The summed E-state index contributed by atoms with van der Waals surface area (Å²) >= 11 is 0.780. The second-order valence-corrected chi connectivity index (χ2v) is 7.84. The highest BCUT2D eigenvalue weighted by Crippen LogP contribution is 2.38. The standard InChI is InChI=1S/C22H14F3N3O3S/c23-22(24,25)15-10-11-19(18(12-15)28(30)31)32-21-26-17-9-5-4-8-16(17)20(29)27(21)13-14-6-2-1-3-7-14/h1-12H,13H2. The molecule has 0 aliphatic carbocycles. The van der Waals surface area contributed by atoms with Gasteiger partial charge in [0.1, 0.15) is 0 Å². The molecule has 1 heterocycles. The fourth-order valence-corrected chi connectivity index (χ4v) is 4.12. The molecule has 32 heavy (non-hydrogen) atoms. The molecule has 0 unspecified atom stereocenters. The van der Waals surface area contributed by atoms with Gasteiger partial charge in [0.15, 0.2) is 5.16 Å². The van der Waals surface area contributed by atoms with Gasteiger partial charge in [0.2, 0.25) is 0 Å². The van der Waals surface area contributed by atoms with E-state index in [1.807, 2.05) is 30.3 Å². The SMILES string of the molecule is O=c1c2ccccc2nc(Sc2ccc(C(F)(F)F)cc2[N+](=O)[O-])n1Cc1ccccc1. The molecule has 3 aromatic carbocycles. The Bertz CT molecular complexity index is 1370.